The summed E-state index contributed by atoms with van der Waals surface area (Å²) in [5, 5.41) is 14.5. The first-order valence-electron chi connectivity index (χ1n) is 8.88. The third kappa shape index (κ3) is 4.07. The van der Waals surface area contributed by atoms with Gasteiger partial charge in [-0.15, -0.1) is 0 Å². The summed E-state index contributed by atoms with van der Waals surface area (Å²) in [6, 6.07) is 29.2. The van der Waals surface area contributed by atoms with Crippen LogP contribution in [0.2, 0.25) is 0 Å². The number of hydrogen-bond donors (Lipinski definition) is 2. The molecular weight excluding hydrogens is 341 g/mol. The Labute approximate surface area is 155 Å². The highest BCUT2D eigenvalue weighted by Gasteiger charge is 2.36. The van der Waals surface area contributed by atoms with Gasteiger partial charge in [-0.1, -0.05) is 78.9 Å². The molecule has 0 spiro atoms. The minimum atomic E-state index is -2.95. The molecule has 0 aliphatic rings. The van der Waals surface area contributed by atoms with Gasteiger partial charge in [-0.05, 0) is 25.0 Å². The first-order chi connectivity index (χ1) is 12.7. The summed E-state index contributed by atoms with van der Waals surface area (Å²) in [5.41, 5.74) is 0.933. The number of para-hydroxylation sites is 1. The molecule has 0 saturated heterocycles. The normalized spacial score (nSPS) is 12.5. The van der Waals surface area contributed by atoms with Crippen molar-refractivity contribution in [2.24, 2.45) is 0 Å². The largest absolute Gasteiger partial charge is 0.396 e. The second-order valence-corrected chi connectivity index (χ2v) is 9.19. The van der Waals surface area contributed by atoms with Crippen molar-refractivity contribution in [1.82, 2.24) is 0 Å². The number of nitrogens with one attached hydrogen (secondary N) is 1. The Morgan fingerprint density at radius 2 is 1.23 bits per heavy atom. The molecular formula is C22H24NO2P. The van der Waals surface area contributed by atoms with E-state index in [1.54, 1.807) is 0 Å². The van der Waals surface area contributed by atoms with E-state index in [9.17, 15) is 9.67 Å². The first kappa shape index (κ1) is 18.4. The van der Waals surface area contributed by atoms with Gasteiger partial charge in [0.25, 0.3) is 0 Å². The maximum Gasteiger partial charge on any atom is 0.164 e. The summed E-state index contributed by atoms with van der Waals surface area (Å²) in [4.78, 5) is 0. The Bertz CT molecular complexity index is 794. The van der Waals surface area contributed by atoms with Crippen LogP contribution >= 0.6 is 7.14 Å². The van der Waals surface area contributed by atoms with Crippen LogP contribution in [-0.2, 0) is 4.57 Å². The molecule has 1 atom stereocenters. The summed E-state index contributed by atoms with van der Waals surface area (Å²) in [6.07, 6.45) is 1.21. The van der Waals surface area contributed by atoms with Gasteiger partial charge in [0.1, 0.15) is 0 Å². The lowest BCUT2D eigenvalue weighted by molar-refractivity contribution is 0.284. The number of benzene rings is 3. The maximum absolute atomic E-state index is 14.5. The van der Waals surface area contributed by atoms with Crippen molar-refractivity contribution in [1.29, 1.82) is 0 Å². The molecule has 0 fully saturated rings. The molecule has 4 heteroatoms. The molecule has 0 heterocycles. The van der Waals surface area contributed by atoms with E-state index in [2.05, 4.69) is 5.32 Å². The molecule has 134 valence electrons. The van der Waals surface area contributed by atoms with Gasteiger partial charge in [0, 0.05) is 22.9 Å². The third-order valence-corrected chi connectivity index (χ3v) is 7.86. The topological polar surface area (TPSA) is 49.3 Å². The Hall–Kier alpha value is -2.35. The second kappa shape index (κ2) is 8.84. The Morgan fingerprint density at radius 3 is 1.69 bits per heavy atom. The maximum atomic E-state index is 14.5. The third-order valence-electron chi connectivity index (χ3n) is 4.46. The standard InChI is InChI=1S/C22H24NO2P/c24-18-10-17-22(23-19-11-4-1-5-12-19)26(25,20-13-6-2-7-14-20)21-15-8-3-9-16-21/h1-9,11-16,22-24H,10,17-18H2. The van der Waals surface area contributed by atoms with Crippen LogP contribution in [0.5, 0.6) is 0 Å². The SMILES string of the molecule is O=P(c1ccccc1)(c1ccccc1)C(CCCO)Nc1ccccc1. The van der Waals surface area contributed by atoms with Gasteiger partial charge in [0.15, 0.2) is 7.14 Å². The fourth-order valence-corrected chi connectivity index (χ4v) is 6.29. The van der Waals surface area contributed by atoms with E-state index in [0.717, 1.165) is 16.3 Å². The highest BCUT2D eigenvalue weighted by atomic mass is 31.2. The van der Waals surface area contributed by atoms with Crippen molar-refractivity contribution >= 4 is 23.4 Å². The molecule has 0 radical (unpaired) electrons. The Balaban J connectivity index is 2.08. The van der Waals surface area contributed by atoms with E-state index in [1.807, 2.05) is 91.0 Å². The highest BCUT2D eigenvalue weighted by Crippen LogP contribution is 2.50. The Kier molecular flexibility index (Phi) is 6.27. The minimum Gasteiger partial charge on any atom is -0.396 e. The van der Waals surface area contributed by atoms with Crippen LogP contribution in [-0.4, -0.2) is 17.5 Å². The van der Waals surface area contributed by atoms with Gasteiger partial charge in [0.2, 0.25) is 0 Å². The summed E-state index contributed by atoms with van der Waals surface area (Å²) in [7, 11) is -2.95. The molecule has 2 N–H and O–H groups in total. The zero-order valence-electron chi connectivity index (χ0n) is 14.7. The van der Waals surface area contributed by atoms with Crippen LogP contribution in [0.1, 0.15) is 12.8 Å². The number of rotatable bonds is 8. The van der Waals surface area contributed by atoms with Crippen LogP contribution in [0, 0.1) is 0 Å². The van der Waals surface area contributed by atoms with Crippen molar-refractivity contribution in [2.75, 3.05) is 11.9 Å². The second-order valence-electron chi connectivity index (χ2n) is 6.22. The zero-order valence-corrected chi connectivity index (χ0v) is 15.6. The van der Waals surface area contributed by atoms with Crippen LogP contribution in [0.3, 0.4) is 0 Å². The van der Waals surface area contributed by atoms with Crippen LogP contribution in [0.15, 0.2) is 91.0 Å². The number of anilines is 1. The lowest BCUT2D eigenvalue weighted by atomic mass is 10.3. The van der Waals surface area contributed by atoms with Gasteiger partial charge in [-0.25, -0.2) is 0 Å². The van der Waals surface area contributed by atoms with Gasteiger partial charge < -0.3 is 15.0 Å². The summed E-state index contributed by atoms with van der Waals surface area (Å²) < 4.78 is 14.5. The molecule has 3 rings (SSSR count). The molecule has 0 aromatic heterocycles. The monoisotopic (exact) mass is 365 g/mol. The molecule has 3 aromatic carbocycles. The quantitative estimate of drug-likeness (QED) is 0.588. The van der Waals surface area contributed by atoms with Gasteiger partial charge in [-0.3, -0.25) is 0 Å². The van der Waals surface area contributed by atoms with Crippen molar-refractivity contribution in [3.63, 3.8) is 0 Å². The molecule has 3 aromatic rings. The van der Waals surface area contributed by atoms with E-state index in [-0.39, 0.29) is 12.4 Å². The number of hydrogen-bond acceptors (Lipinski definition) is 3. The van der Waals surface area contributed by atoms with E-state index in [4.69, 9.17) is 0 Å². The zero-order chi connectivity index (χ0) is 18.2. The molecule has 0 saturated carbocycles. The molecule has 1 unspecified atom stereocenters. The average molecular weight is 365 g/mol. The lowest BCUT2D eigenvalue weighted by Crippen LogP contribution is -2.31. The predicted molar refractivity (Wildman–Crippen MR) is 110 cm³/mol. The van der Waals surface area contributed by atoms with Crippen LogP contribution in [0.4, 0.5) is 5.69 Å². The van der Waals surface area contributed by atoms with E-state index < -0.39 is 7.14 Å². The summed E-state index contributed by atoms with van der Waals surface area (Å²) in [5.74, 6) is -0.290. The van der Waals surface area contributed by atoms with E-state index in [1.165, 1.54) is 0 Å². The van der Waals surface area contributed by atoms with Crippen LogP contribution < -0.4 is 15.9 Å². The van der Waals surface area contributed by atoms with Crippen molar-refractivity contribution in [2.45, 2.75) is 18.6 Å². The highest BCUT2D eigenvalue weighted by molar-refractivity contribution is 7.79. The Morgan fingerprint density at radius 1 is 0.769 bits per heavy atom. The van der Waals surface area contributed by atoms with Gasteiger partial charge >= 0.3 is 0 Å². The van der Waals surface area contributed by atoms with Crippen molar-refractivity contribution < 1.29 is 9.67 Å². The molecule has 3 nitrogen and oxygen atoms in total. The summed E-state index contributed by atoms with van der Waals surface area (Å²) in [6.45, 7) is 0.0799. The lowest BCUT2D eigenvalue weighted by Gasteiger charge is -2.30. The average Bonchev–Trinajstić information content (AvgIpc) is 2.72. The fraction of sp³-hybridized carbons (Fsp3) is 0.182. The molecule has 26 heavy (non-hydrogen) atoms. The summed E-state index contributed by atoms with van der Waals surface area (Å²) >= 11 is 0. The smallest absolute Gasteiger partial charge is 0.164 e. The van der Waals surface area contributed by atoms with Gasteiger partial charge in [0.05, 0.1) is 5.78 Å². The number of aliphatic hydroxyl groups is 1. The first-order valence-corrected chi connectivity index (χ1v) is 10.7. The fourth-order valence-electron chi connectivity index (χ4n) is 3.16. The number of aliphatic hydroxyl groups excluding tert-OH is 1. The van der Waals surface area contributed by atoms with E-state index in [0.29, 0.717) is 12.8 Å². The van der Waals surface area contributed by atoms with Gasteiger partial charge in [-0.2, -0.15) is 0 Å². The van der Waals surface area contributed by atoms with Crippen molar-refractivity contribution in [3.8, 4) is 0 Å². The molecule has 0 aliphatic heterocycles. The van der Waals surface area contributed by atoms with E-state index >= 15 is 0 Å². The molecule has 0 amide bonds. The van der Waals surface area contributed by atoms with Crippen LogP contribution in [0.25, 0.3) is 0 Å². The minimum absolute atomic E-state index is 0.0799. The molecule has 0 aliphatic carbocycles. The van der Waals surface area contributed by atoms with Crippen molar-refractivity contribution in [3.05, 3.63) is 91.0 Å². The predicted octanol–water partition coefficient (Wildman–Crippen LogP) is 4.21. The molecule has 0 bridgehead atoms.